The molecule has 1 aliphatic heterocycles. The number of hydrogen-bond donors (Lipinski definition) is 0. The molecule has 0 aliphatic carbocycles. The first-order valence-corrected chi connectivity index (χ1v) is 9.30. The van der Waals surface area contributed by atoms with E-state index in [1.54, 1.807) is 24.3 Å². The number of benzene rings is 2. The average Bonchev–Trinajstić information content (AvgIpc) is 2.89. The summed E-state index contributed by atoms with van der Waals surface area (Å²) in [6.45, 7) is 3.46. The topological polar surface area (TPSA) is 37.4 Å². The van der Waals surface area contributed by atoms with Crippen LogP contribution in [0.4, 0.5) is 5.69 Å². The van der Waals surface area contributed by atoms with E-state index in [0.717, 1.165) is 11.1 Å². The lowest BCUT2D eigenvalue weighted by Crippen LogP contribution is -2.27. The van der Waals surface area contributed by atoms with Crippen molar-refractivity contribution in [3.05, 3.63) is 82.3 Å². The molecule has 0 N–H and O–H groups in total. The molecule has 1 aliphatic rings. The lowest BCUT2D eigenvalue weighted by atomic mass is 10.1. The zero-order valence-corrected chi connectivity index (χ0v) is 16.1. The highest BCUT2D eigenvalue weighted by molar-refractivity contribution is 8.27. The summed E-state index contributed by atoms with van der Waals surface area (Å²) in [6, 6.07) is 16.9. The molecule has 1 heterocycles. The first-order valence-electron chi connectivity index (χ1n) is 8.08. The third-order valence-electron chi connectivity index (χ3n) is 3.86. The highest BCUT2D eigenvalue weighted by Crippen LogP contribution is 2.35. The van der Waals surface area contributed by atoms with Crippen LogP contribution in [0.3, 0.4) is 0 Å². The van der Waals surface area contributed by atoms with E-state index in [1.165, 1.54) is 23.6 Å². The highest BCUT2D eigenvalue weighted by atomic mass is 32.2. The minimum absolute atomic E-state index is 0.0468. The standard InChI is InChI=1S/C21H17NO2S2/c1-14(11-16-7-4-3-5-8-16)12-19-20(24)22(21(25)26-19)18-10-6-9-17(13-18)15(2)23/h3-13H,1-2H3. The Kier molecular flexibility index (Phi) is 5.49. The molecule has 1 saturated heterocycles. The fraction of sp³-hybridized carbons (Fsp3) is 0.0952. The number of Topliss-reactive ketones (excluding diaryl/α,β-unsaturated/α-hetero) is 1. The van der Waals surface area contributed by atoms with Gasteiger partial charge >= 0.3 is 0 Å². The number of carbonyl (C=O) groups excluding carboxylic acids is 2. The van der Waals surface area contributed by atoms with Gasteiger partial charge in [-0.05, 0) is 43.2 Å². The van der Waals surface area contributed by atoms with Crippen LogP contribution in [0.25, 0.3) is 6.08 Å². The van der Waals surface area contributed by atoms with Gasteiger partial charge in [-0.1, -0.05) is 72.5 Å². The van der Waals surface area contributed by atoms with E-state index in [-0.39, 0.29) is 11.7 Å². The van der Waals surface area contributed by atoms with Gasteiger partial charge in [0, 0.05) is 5.56 Å². The number of rotatable bonds is 4. The second-order valence-corrected chi connectivity index (χ2v) is 7.60. The van der Waals surface area contributed by atoms with Gasteiger partial charge < -0.3 is 0 Å². The van der Waals surface area contributed by atoms with Gasteiger partial charge in [-0.25, -0.2) is 0 Å². The second-order valence-electron chi connectivity index (χ2n) is 5.92. The number of hydrogen-bond acceptors (Lipinski definition) is 4. The molecule has 130 valence electrons. The molecule has 0 saturated carbocycles. The highest BCUT2D eigenvalue weighted by Gasteiger charge is 2.33. The molecule has 0 aromatic heterocycles. The second kappa shape index (κ2) is 7.81. The van der Waals surface area contributed by atoms with Gasteiger partial charge in [0.25, 0.3) is 5.91 Å². The Hall–Kier alpha value is -2.50. The Labute approximate surface area is 162 Å². The Bertz CT molecular complexity index is 945. The van der Waals surface area contributed by atoms with E-state index >= 15 is 0 Å². The smallest absolute Gasteiger partial charge is 0.270 e. The molecule has 26 heavy (non-hydrogen) atoms. The fourth-order valence-electron chi connectivity index (χ4n) is 2.61. The van der Waals surface area contributed by atoms with Crippen molar-refractivity contribution in [3.63, 3.8) is 0 Å². The minimum Gasteiger partial charge on any atom is -0.295 e. The molecule has 2 aromatic carbocycles. The van der Waals surface area contributed by atoms with E-state index in [0.29, 0.717) is 20.5 Å². The van der Waals surface area contributed by atoms with Crippen LogP contribution >= 0.6 is 24.0 Å². The fourth-order valence-corrected chi connectivity index (χ4v) is 3.96. The summed E-state index contributed by atoms with van der Waals surface area (Å²) in [6.07, 6.45) is 3.87. The number of nitrogens with zero attached hydrogens (tertiary/aromatic N) is 1. The SMILES string of the molecule is CC(=O)c1cccc(N2C(=O)C(=CC(C)=Cc3ccccc3)SC2=S)c1. The first-order chi connectivity index (χ1) is 12.5. The molecule has 0 atom stereocenters. The largest absolute Gasteiger partial charge is 0.295 e. The van der Waals surface area contributed by atoms with Crippen LogP contribution in [0.5, 0.6) is 0 Å². The van der Waals surface area contributed by atoms with Gasteiger partial charge in [0.1, 0.15) is 0 Å². The summed E-state index contributed by atoms with van der Waals surface area (Å²) >= 11 is 6.66. The van der Waals surface area contributed by atoms with Crippen molar-refractivity contribution in [2.45, 2.75) is 13.8 Å². The number of amides is 1. The summed E-state index contributed by atoms with van der Waals surface area (Å²) in [5.74, 6) is -0.212. The maximum Gasteiger partial charge on any atom is 0.270 e. The van der Waals surface area contributed by atoms with Crippen molar-refractivity contribution >= 4 is 51.8 Å². The molecule has 3 rings (SSSR count). The Morgan fingerprint density at radius 2 is 1.81 bits per heavy atom. The molecular formula is C21H17NO2S2. The summed E-state index contributed by atoms with van der Waals surface area (Å²) in [5.41, 5.74) is 3.22. The van der Waals surface area contributed by atoms with E-state index in [4.69, 9.17) is 12.2 Å². The Balaban J connectivity index is 1.88. The van der Waals surface area contributed by atoms with Crippen LogP contribution in [0, 0.1) is 0 Å². The average molecular weight is 380 g/mol. The predicted octanol–water partition coefficient (Wildman–Crippen LogP) is 5.24. The van der Waals surface area contributed by atoms with Gasteiger partial charge in [-0.2, -0.15) is 0 Å². The Morgan fingerprint density at radius 1 is 1.08 bits per heavy atom. The summed E-state index contributed by atoms with van der Waals surface area (Å²) in [7, 11) is 0. The van der Waals surface area contributed by atoms with E-state index < -0.39 is 0 Å². The van der Waals surface area contributed by atoms with Crippen molar-refractivity contribution in [3.8, 4) is 0 Å². The van der Waals surface area contributed by atoms with Crippen LogP contribution in [0.2, 0.25) is 0 Å². The number of thiocarbonyl (C=S) groups is 1. The van der Waals surface area contributed by atoms with Crippen molar-refractivity contribution in [1.29, 1.82) is 0 Å². The molecule has 0 unspecified atom stereocenters. The third kappa shape index (κ3) is 4.00. The number of thioether (sulfide) groups is 1. The van der Waals surface area contributed by atoms with Crippen LogP contribution in [-0.4, -0.2) is 16.0 Å². The minimum atomic E-state index is -0.165. The molecular weight excluding hydrogens is 362 g/mol. The number of carbonyl (C=O) groups is 2. The third-order valence-corrected chi connectivity index (χ3v) is 5.16. The molecule has 0 spiro atoms. The van der Waals surface area contributed by atoms with Gasteiger partial charge in [-0.3, -0.25) is 14.5 Å². The zero-order chi connectivity index (χ0) is 18.7. The lowest BCUT2D eigenvalue weighted by molar-refractivity contribution is -0.113. The maximum atomic E-state index is 12.8. The van der Waals surface area contributed by atoms with Crippen molar-refractivity contribution in [1.82, 2.24) is 0 Å². The number of allylic oxidation sites excluding steroid dienone is 2. The molecule has 3 nitrogen and oxygen atoms in total. The lowest BCUT2D eigenvalue weighted by Gasteiger charge is -2.15. The Morgan fingerprint density at radius 3 is 2.50 bits per heavy atom. The molecule has 2 aromatic rings. The molecule has 1 amide bonds. The molecule has 1 fully saturated rings. The van der Waals surface area contributed by atoms with Crippen LogP contribution in [0.1, 0.15) is 29.8 Å². The van der Waals surface area contributed by atoms with Crippen molar-refractivity contribution in [2.75, 3.05) is 4.90 Å². The van der Waals surface area contributed by atoms with Crippen LogP contribution in [0.15, 0.2) is 71.2 Å². The summed E-state index contributed by atoms with van der Waals surface area (Å²) in [5, 5.41) is 0. The van der Waals surface area contributed by atoms with Crippen LogP contribution < -0.4 is 4.90 Å². The molecule has 5 heteroatoms. The molecule has 0 bridgehead atoms. The molecule has 0 radical (unpaired) electrons. The zero-order valence-electron chi connectivity index (χ0n) is 14.4. The number of ketones is 1. The predicted molar refractivity (Wildman–Crippen MR) is 112 cm³/mol. The normalized spacial score (nSPS) is 16.5. The van der Waals surface area contributed by atoms with Gasteiger partial charge in [0.15, 0.2) is 10.1 Å². The van der Waals surface area contributed by atoms with E-state index in [1.807, 2.05) is 49.4 Å². The quantitative estimate of drug-likeness (QED) is 0.413. The van der Waals surface area contributed by atoms with Crippen LogP contribution in [-0.2, 0) is 4.79 Å². The van der Waals surface area contributed by atoms with Gasteiger partial charge in [0.2, 0.25) is 0 Å². The summed E-state index contributed by atoms with van der Waals surface area (Å²) in [4.78, 5) is 26.5. The first kappa shape index (κ1) is 18.3. The summed E-state index contributed by atoms with van der Waals surface area (Å²) < 4.78 is 0.467. The van der Waals surface area contributed by atoms with Gasteiger partial charge in [-0.15, -0.1) is 0 Å². The van der Waals surface area contributed by atoms with E-state index in [2.05, 4.69) is 0 Å². The van der Waals surface area contributed by atoms with E-state index in [9.17, 15) is 9.59 Å². The van der Waals surface area contributed by atoms with Gasteiger partial charge in [0.05, 0.1) is 10.6 Å². The van der Waals surface area contributed by atoms with Crippen molar-refractivity contribution in [2.24, 2.45) is 0 Å². The maximum absolute atomic E-state index is 12.8. The van der Waals surface area contributed by atoms with Crippen molar-refractivity contribution < 1.29 is 9.59 Å². The monoisotopic (exact) mass is 379 g/mol. The number of anilines is 1.